The Morgan fingerprint density at radius 2 is 2.15 bits per heavy atom. The Labute approximate surface area is 150 Å². The van der Waals surface area contributed by atoms with Crippen molar-refractivity contribution >= 4 is 5.91 Å². The topological polar surface area (TPSA) is 92.8 Å². The third-order valence-electron chi connectivity index (χ3n) is 4.36. The van der Waals surface area contributed by atoms with Gasteiger partial charge in [-0.25, -0.2) is 9.97 Å². The number of nitrogens with zero attached hydrogens (tertiary/aromatic N) is 3. The van der Waals surface area contributed by atoms with Gasteiger partial charge in [0.05, 0.1) is 25.0 Å². The van der Waals surface area contributed by atoms with Gasteiger partial charge in [0, 0.05) is 17.2 Å². The van der Waals surface area contributed by atoms with Crippen LogP contribution in [0, 0.1) is 0 Å². The highest BCUT2D eigenvalue weighted by atomic mass is 16.5. The largest absolute Gasteiger partial charge is 0.497 e. The maximum Gasteiger partial charge on any atom is 0.269 e. The highest BCUT2D eigenvalue weighted by Crippen LogP contribution is 2.38. The Morgan fingerprint density at radius 1 is 1.27 bits per heavy atom. The van der Waals surface area contributed by atoms with Crippen molar-refractivity contribution in [1.82, 2.24) is 25.5 Å². The first-order valence-corrected chi connectivity index (χ1v) is 8.52. The fourth-order valence-corrected chi connectivity index (χ4v) is 2.75. The summed E-state index contributed by atoms with van der Waals surface area (Å²) in [5.41, 5.74) is 3.84. The van der Waals surface area contributed by atoms with Crippen LogP contribution in [0.1, 0.15) is 40.6 Å². The van der Waals surface area contributed by atoms with Crippen LogP contribution in [0.3, 0.4) is 0 Å². The molecule has 0 radical (unpaired) electrons. The smallest absolute Gasteiger partial charge is 0.269 e. The molecule has 26 heavy (non-hydrogen) atoms. The lowest BCUT2D eigenvalue weighted by atomic mass is 10.1. The zero-order valence-electron chi connectivity index (χ0n) is 14.4. The van der Waals surface area contributed by atoms with Crippen LogP contribution in [0.15, 0.2) is 42.7 Å². The summed E-state index contributed by atoms with van der Waals surface area (Å²) >= 11 is 0. The molecule has 1 fully saturated rings. The average Bonchev–Trinajstić information content (AvgIpc) is 3.43. The number of H-pyrrole nitrogens is 1. The molecule has 0 bridgehead atoms. The number of ether oxygens (including phenoxy) is 1. The van der Waals surface area contributed by atoms with E-state index in [0.717, 1.165) is 22.7 Å². The molecule has 1 aliphatic rings. The number of aromatic amines is 1. The first-order valence-electron chi connectivity index (χ1n) is 8.52. The zero-order valence-corrected chi connectivity index (χ0v) is 14.4. The summed E-state index contributed by atoms with van der Waals surface area (Å²) < 4.78 is 5.22. The second-order valence-corrected chi connectivity index (χ2v) is 6.29. The Morgan fingerprint density at radius 3 is 2.96 bits per heavy atom. The SMILES string of the molecule is COc1cccc(-c2cc(C(=O)NCc3cc(C4CC4)ncn3)[nH]n2)c1. The van der Waals surface area contributed by atoms with E-state index < -0.39 is 0 Å². The van der Waals surface area contributed by atoms with Crippen LogP contribution in [0.5, 0.6) is 5.75 Å². The van der Waals surface area contributed by atoms with E-state index in [1.807, 2.05) is 30.3 Å². The van der Waals surface area contributed by atoms with E-state index in [-0.39, 0.29) is 5.91 Å². The molecule has 2 aromatic heterocycles. The lowest BCUT2D eigenvalue weighted by molar-refractivity contribution is 0.0945. The molecule has 1 saturated carbocycles. The van der Waals surface area contributed by atoms with E-state index in [9.17, 15) is 4.79 Å². The van der Waals surface area contributed by atoms with Gasteiger partial charge in [0.25, 0.3) is 5.91 Å². The molecular weight excluding hydrogens is 330 g/mol. The van der Waals surface area contributed by atoms with Gasteiger partial charge >= 0.3 is 0 Å². The van der Waals surface area contributed by atoms with E-state index in [0.29, 0.717) is 23.9 Å². The Bertz CT molecular complexity index is 933. The first-order chi connectivity index (χ1) is 12.7. The van der Waals surface area contributed by atoms with Gasteiger partial charge in [-0.05, 0) is 37.1 Å². The number of carbonyl (C=O) groups is 1. The fraction of sp³-hybridized carbons (Fsp3) is 0.263. The van der Waals surface area contributed by atoms with Crippen LogP contribution in [0.4, 0.5) is 0 Å². The van der Waals surface area contributed by atoms with Gasteiger partial charge in [-0.3, -0.25) is 9.89 Å². The van der Waals surface area contributed by atoms with Crippen molar-refractivity contribution < 1.29 is 9.53 Å². The van der Waals surface area contributed by atoms with Crippen molar-refractivity contribution in [2.45, 2.75) is 25.3 Å². The minimum atomic E-state index is -0.224. The summed E-state index contributed by atoms with van der Waals surface area (Å²) in [4.78, 5) is 20.9. The molecule has 4 rings (SSSR count). The second-order valence-electron chi connectivity index (χ2n) is 6.29. The Balaban J connectivity index is 1.42. The summed E-state index contributed by atoms with van der Waals surface area (Å²) in [6, 6.07) is 11.2. The predicted molar refractivity (Wildman–Crippen MR) is 95.8 cm³/mol. The van der Waals surface area contributed by atoms with Crippen LogP contribution in [-0.2, 0) is 6.54 Å². The van der Waals surface area contributed by atoms with Gasteiger partial charge < -0.3 is 10.1 Å². The number of hydrogen-bond acceptors (Lipinski definition) is 5. The molecule has 0 saturated heterocycles. The molecule has 0 aliphatic heterocycles. The summed E-state index contributed by atoms with van der Waals surface area (Å²) in [5, 5.41) is 9.86. The monoisotopic (exact) mass is 349 g/mol. The summed E-state index contributed by atoms with van der Waals surface area (Å²) in [5.74, 6) is 1.08. The molecule has 1 aliphatic carbocycles. The second kappa shape index (κ2) is 6.95. The summed E-state index contributed by atoms with van der Waals surface area (Å²) in [6.07, 6.45) is 3.93. The molecule has 2 heterocycles. The van der Waals surface area contributed by atoms with Gasteiger partial charge in [0.2, 0.25) is 0 Å². The van der Waals surface area contributed by atoms with E-state index in [1.54, 1.807) is 19.5 Å². The third kappa shape index (κ3) is 3.56. The molecule has 7 heteroatoms. The molecule has 1 aromatic carbocycles. The van der Waals surface area contributed by atoms with Crippen LogP contribution in [0.25, 0.3) is 11.3 Å². The Kier molecular flexibility index (Phi) is 4.35. The normalized spacial score (nSPS) is 13.4. The van der Waals surface area contributed by atoms with Crippen molar-refractivity contribution in [2.24, 2.45) is 0 Å². The minimum Gasteiger partial charge on any atom is -0.497 e. The number of rotatable bonds is 6. The number of hydrogen-bond donors (Lipinski definition) is 2. The average molecular weight is 349 g/mol. The summed E-state index contributed by atoms with van der Waals surface area (Å²) in [6.45, 7) is 0.356. The number of amides is 1. The number of nitrogens with one attached hydrogen (secondary N) is 2. The van der Waals surface area contributed by atoms with Crippen molar-refractivity contribution in [2.75, 3.05) is 7.11 Å². The number of carbonyl (C=O) groups excluding carboxylic acids is 1. The number of methoxy groups -OCH3 is 1. The van der Waals surface area contributed by atoms with Crippen molar-refractivity contribution in [3.05, 3.63) is 59.8 Å². The van der Waals surface area contributed by atoms with Crippen LogP contribution < -0.4 is 10.1 Å². The van der Waals surface area contributed by atoms with Gasteiger partial charge in [-0.2, -0.15) is 5.10 Å². The van der Waals surface area contributed by atoms with Crippen molar-refractivity contribution in [1.29, 1.82) is 0 Å². The molecular formula is C19H19N5O2. The molecule has 132 valence electrons. The molecule has 1 amide bonds. The highest BCUT2D eigenvalue weighted by Gasteiger charge is 2.25. The van der Waals surface area contributed by atoms with E-state index in [4.69, 9.17) is 4.74 Å². The zero-order chi connectivity index (χ0) is 17.9. The van der Waals surface area contributed by atoms with Gasteiger partial charge in [-0.15, -0.1) is 0 Å². The van der Waals surface area contributed by atoms with Gasteiger partial charge in [0.1, 0.15) is 17.8 Å². The van der Waals surface area contributed by atoms with Gasteiger partial charge in [-0.1, -0.05) is 12.1 Å². The predicted octanol–water partition coefficient (Wildman–Crippen LogP) is 2.68. The lowest BCUT2D eigenvalue weighted by Crippen LogP contribution is -2.23. The standard InChI is InChI=1S/C19H19N5O2/c1-26-15-4-2-3-13(7-15)17-9-18(24-23-17)19(25)20-10-14-8-16(12-5-6-12)22-11-21-14/h2-4,7-9,11-12H,5-6,10H2,1H3,(H,20,25)(H,23,24). The van der Waals surface area contributed by atoms with E-state index >= 15 is 0 Å². The van der Waals surface area contributed by atoms with Gasteiger partial charge in [0.15, 0.2) is 0 Å². The number of aromatic nitrogens is 4. The maximum atomic E-state index is 12.4. The van der Waals surface area contributed by atoms with E-state index in [2.05, 4.69) is 25.5 Å². The van der Waals surface area contributed by atoms with Crippen LogP contribution in [-0.4, -0.2) is 33.2 Å². The van der Waals surface area contributed by atoms with Crippen LogP contribution in [0.2, 0.25) is 0 Å². The minimum absolute atomic E-state index is 0.224. The molecule has 0 spiro atoms. The maximum absolute atomic E-state index is 12.4. The molecule has 7 nitrogen and oxygen atoms in total. The fourth-order valence-electron chi connectivity index (χ4n) is 2.75. The van der Waals surface area contributed by atoms with Crippen molar-refractivity contribution in [3.8, 4) is 17.0 Å². The molecule has 2 N–H and O–H groups in total. The molecule has 0 unspecified atom stereocenters. The number of benzene rings is 1. The Hall–Kier alpha value is -3.22. The molecule has 0 atom stereocenters. The highest BCUT2D eigenvalue weighted by molar-refractivity contribution is 5.93. The quantitative estimate of drug-likeness (QED) is 0.714. The first kappa shape index (κ1) is 16.3. The lowest BCUT2D eigenvalue weighted by Gasteiger charge is -2.04. The third-order valence-corrected chi connectivity index (χ3v) is 4.36. The van der Waals surface area contributed by atoms with Crippen molar-refractivity contribution in [3.63, 3.8) is 0 Å². The van der Waals surface area contributed by atoms with Crippen LogP contribution >= 0.6 is 0 Å². The summed E-state index contributed by atoms with van der Waals surface area (Å²) in [7, 11) is 1.62. The molecule has 3 aromatic rings. The van der Waals surface area contributed by atoms with E-state index in [1.165, 1.54) is 12.8 Å².